The molecule has 4 nitrogen and oxygen atoms in total. The van der Waals surface area contributed by atoms with Crippen LogP contribution in [0.1, 0.15) is 13.8 Å². The van der Waals surface area contributed by atoms with E-state index in [9.17, 15) is 9.90 Å². The fourth-order valence-corrected chi connectivity index (χ4v) is 1.45. The van der Waals surface area contributed by atoms with Crippen LogP contribution < -0.4 is 0 Å². The van der Waals surface area contributed by atoms with Crippen LogP contribution >= 0.6 is 15.9 Å². The predicted molar refractivity (Wildman–Crippen MR) is 49.7 cm³/mol. The standard InChI is InChI=1S/C8H13BrO4/c1-8(2)12-4-6(11)7(13-8)5(10)3-9/h5,7,10H,3-4H2,1-2H3/t5-,7-/m0/s1. The van der Waals surface area contributed by atoms with E-state index in [1.165, 1.54) is 0 Å². The summed E-state index contributed by atoms with van der Waals surface area (Å²) in [6.07, 6.45) is -1.58. The monoisotopic (exact) mass is 252 g/mol. The molecule has 0 aromatic carbocycles. The molecule has 0 unspecified atom stereocenters. The van der Waals surface area contributed by atoms with E-state index in [4.69, 9.17) is 9.47 Å². The normalized spacial score (nSPS) is 30.2. The zero-order valence-electron chi connectivity index (χ0n) is 7.62. The summed E-state index contributed by atoms with van der Waals surface area (Å²) in [5.41, 5.74) is 0. The second-order valence-electron chi connectivity index (χ2n) is 3.41. The summed E-state index contributed by atoms with van der Waals surface area (Å²) in [6.45, 7) is 3.43. The molecule has 0 aliphatic carbocycles. The van der Waals surface area contributed by atoms with Crippen molar-refractivity contribution in [3.05, 3.63) is 0 Å². The second kappa shape index (κ2) is 4.04. The van der Waals surface area contributed by atoms with Crippen molar-refractivity contribution in [2.45, 2.75) is 31.8 Å². The van der Waals surface area contributed by atoms with Gasteiger partial charge in [-0.1, -0.05) is 15.9 Å². The number of rotatable bonds is 2. The lowest BCUT2D eigenvalue weighted by atomic mass is 10.1. The van der Waals surface area contributed by atoms with Gasteiger partial charge in [0.2, 0.25) is 0 Å². The van der Waals surface area contributed by atoms with Crippen LogP contribution in [0, 0.1) is 0 Å². The van der Waals surface area contributed by atoms with Crippen LogP contribution in [0.5, 0.6) is 0 Å². The van der Waals surface area contributed by atoms with Gasteiger partial charge in [-0.25, -0.2) is 0 Å². The van der Waals surface area contributed by atoms with Crippen molar-refractivity contribution in [3.63, 3.8) is 0 Å². The first-order valence-electron chi connectivity index (χ1n) is 4.05. The molecule has 1 rings (SSSR count). The van der Waals surface area contributed by atoms with Gasteiger partial charge in [0.15, 0.2) is 11.6 Å². The fraction of sp³-hybridized carbons (Fsp3) is 0.875. The number of aliphatic hydroxyl groups is 1. The van der Waals surface area contributed by atoms with Gasteiger partial charge in [-0.2, -0.15) is 0 Å². The van der Waals surface area contributed by atoms with Crippen LogP contribution in [0.2, 0.25) is 0 Å². The fourth-order valence-electron chi connectivity index (χ4n) is 1.11. The molecule has 1 fully saturated rings. The Hall–Kier alpha value is 0.0300. The van der Waals surface area contributed by atoms with Crippen molar-refractivity contribution >= 4 is 21.7 Å². The van der Waals surface area contributed by atoms with Gasteiger partial charge in [-0.3, -0.25) is 4.79 Å². The lowest BCUT2D eigenvalue weighted by Gasteiger charge is -2.36. The number of hydrogen-bond acceptors (Lipinski definition) is 4. The Kier molecular flexibility index (Phi) is 3.45. The first-order valence-corrected chi connectivity index (χ1v) is 5.17. The third kappa shape index (κ3) is 2.74. The van der Waals surface area contributed by atoms with E-state index < -0.39 is 18.0 Å². The van der Waals surface area contributed by atoms with E-state index in [0.717, 1.165) is 0 Å². The van der Waals surface area contributed by atoms with Gasteiger partial charge in [-0.05, 0) is 13.8 Å². The molecule has 1 saturated heterocycles. The number of ketones is 1. The molecule has 0 bridgehead atoms. The van der Waals surface area contributed by atoms with Gasteiger partial charge in [0.25, 0.3) is 0 Å². The average molecular weight is 253 g/mol. The van der Waals surface area contributed by atoms with Gasteiger partial charge in [0.1, 0.15) is 12.7 Å². The Bertz CT molecular complexity index is 204. The highest BCUT2D eigenvalue weighted by atomic mass is 79.9. The number of aliphatic hydroxyl groups excluding tert-OH is 1. The summed E-state index contributed by atoms with van der Waals surface area (Å²) in [5.74, 6) is -1.01. The Balaban J connectivity index is 2.65. The van der Waals surface area contributed by atoms with Crippen LogP contribution in [0.15, 0.2) is 0 Å². The molecule has 0 aromatic rings. The number of Topliss-reactive ketones (excluding diaryl/α,β-unsaturated/α-hetero) is 1. The van der Waals surface area contributed by atoms with Gasteiger partial charge in [-0.15, -0.1) is 0 Å². The third-order valence-corrected chi connectivity index (χ3v) is 2.46. The molecule has 0 saturated carbocycles. The Morgan fingerprint density at radius 1 is 1.77 bits per heavy atom. The Labute approximate surface area is 85.3 Å². The molecular formula is C8H13BrO4. The summed E-state index contributed by atoms with van der Waals surface area (Å²) in [6, 6.07) is 0. The minimum Gasteiger partial charge on any atom is -0.389 e. The molecular weight excluding hydrogens is 240 g/mol. The lowest BCUT2D eigenvalue weighted by Crippen LogP contribution is -2.51. The van der Waals surface area contributed by atoms with Crippen molar-refractivity contribution in [1.29, 1.82) is 0 Å². The summed E-state index contributed by atoms with van der Waals surface area (Å²) in [5, 5.41) is 9.76. The topological polar surface area (TPSA) is 55.8 Å². The van der Waals surface area contributed by atoms with E-state index in [1.807, 2.05) is 0 Å². The highest BCUT2D eigenvalue weighted by Crippen LogP contribution is 2.22. The number of carbonyl (C=O) groups excluding carboxylic acids is 1. The Morgan fingerprint density at radius 2 is 2.38 bits per heavy atom. The maximum atomic E-state index is 11.3. The molecule has 0 amide bonds. The van der Waals surface area contributed by atoms with Crippen molar-refractivity contribution in [1.82, 2.24) is 0 Å². The number of hydrogen-bond donors (Lipinski definition) is 1. The molecule has 0 spiro atoms. The molecule has 1 aliphatic heterocycles. The van der Waals surface area contributed by atoms with E-state index in [1.54, 1.807) is 13.8 Å². The van der Waals surface area contributed by atoms with Gasteiger partial charge >= 0.3 is 0 Å². The van der Waals surface area contributed by atoms with E-state index in [2.05, 4.69) is 15.9 Å². The molecule has 0 radical (unpaired) electrons. The van der Waals surface area contributed by atoms with Crippen molar-refractivity contribution in [2.24, 2.45) is 0 Å². The number of alkyl halides is 1. The molecule has 2 atom stereocenters. The van der Waals surface area contributed by atoms with Gasteiger partial charge in [0.05, 0.1) is 6.10 Å². The van der Waals surface area contributed by atoms with Crippen LogP contribution in [0.3, 0.4) is 0 Å². The summed E-state index contributed by atoms with van der Waals surface area (Å²) < 4.78 is 10.4. The SMILES string of the molecule is CC1(C)OCC(=O)[C@H]([C@@H](O)CBr)O1. The van der Waals surface area contributed by atoms with Crippen molar-refractivity contribution < 1.29 is 19.4 Å². The summed E-state index contributed by atoms with van der Waals surface area (Å²) >= 11 is 3.09. The van der Waals surface area contributed by atoms with Crippen molar-refractivity contribution in [3.8, 4) is 0 Å². The first kappa shape index (κ1) is 11.1. The molecule has 0 aromatic heterocycles. The smallest absolute Gasteiger partial charge is 0.190 e. The van der Waals surface area contributed by atoms with Crippen molar-refractivity contribution in [2.75, 3.05) is 11.9 Å². The lowest BCUT2D eigenvalue weighted by molar-refractivity contribution is -0.269. The Morgan fingerprint density at radius 3 is 2.92 bits per heavy atom. The maximum absolute atomic E-state index is 11.3. The molecule has 1 aliphatic rings. The van der Waals surface area contributed by atoms with Crippen LogP contribution in [-0.2, 0) is 14.3 Å². The van der Waals surface area contributed by atoms with Gasteiger partial charge < -0.3 is 14.6 Å². The van der Waals surface area contributed by atoms with Crippen LogP contribution in [0.25, 0.3) is 0 Å². The van der Waals surface area contributed by atoms with Crippen LogP contribution in [0.4, 0.5) is 0 Å². The minimum absolute atomic E-state index is 0.00171. The number of ether oxygens (including phenoxy) is 2. The average Bonchev–Trinajstić information content (AvgIpc) is 2.08. The van der Waals surface area contributed by atoms with E-state index in [0.29, 0.717) is 5.33 Å². The highest BCUT2D eigenvalue weighted by molar-refractivity contribution is 9.09. The summed E-state index contributed by atoms with van der Waals surface area (Å²) in [7, 11) is 0. The van der Waals surface area contributed by atoms with Crippen LogP contribution in [-0.4, -0.2) is 40.8 Å². The zero-order valence-corrected chi connectivity index (χ0v) is 9.20. The quantitative estimate of drug-likeness (QED) is 0.726. The molecule has 5 heteroatoms. The largest absolute Gasteiger partial charge is 0.389 e. The number of halogens is 1. The molecule has 1 heterocycles. The van der Waals surface area contributed by atoms with E-state index in [-0.39, 0.29) is 12.4 Å². The molecule has 1 N–H and O–H groups in total. The zero-order chi connectivity index (χ0) is 10.1. The first-order chi connectivity index (χ1) is 5.96. The van der Waals surface area contributed by atoms with Gasteiger partial charge in [0, 0.05) is 5.33 Å². The molecule has 76 valence electrons. The van der Waals surface area contributed by atoms with E-state index >= 15 is 0 Å². The highest BCUT2D eigenvalue weighted by Gasteiger charge is 2.38. The predicted octanol–water partition coefficient (Wildman–Crippen LogP) is 0.463. The number of carbonyl (C=O) groups is 1. The minimum atomic E-state index is -0.810. The summed E-state index contributed by atoms with van der Waals surface area (Å²) in [4.78, 5) is 11.3. The maximum Gasteiger partial charge on any atom is 0.190 e. The second-order valence-corrected chi connectivity index (χ2v) is 4.06. The molecule has 13 heavy (non-hydrogen) atoms. The third-order valence-electron chi connectivity index (χ3n) is 1.80.